The van der Waals surface area contributed by atoms with Crippen LogP contribution in [0.3, 0.4) is 0 Å². The lowest BCUT2D eigenvalue weighted by atomic mass is 9.85. The second-order valence-electron chi connectivity index (χ2n) is 15.9. The van der Waals surface area contributed by atoms with Crippen molar-refractivity contribution in [3.63, 3.8) is 0 Å². The van der Waals surface area contributed by atoms with Crippen LogP contribution < -0.4 is 0 Å². The molecule has 1 saturated heterocycles. The van der Waals surface area contributed by atoms with Crippen LogP contribution in [-0.4, -0.2) is 111 Å². The summed E-state index contributed by atoms with van der Waals surface area (Å²) in [6.45, 7) is 3.07. The molecule has 62 heavy (non-hydrogen) atoms. The maximum absolute atomic E-state index is 12.8. The third-order valence-electron chi connectivity index (χ3n) is 10.4. The summed E-state index contributed by atoms with van der Waals surface area (Å²) in [5, 5.41) is 50.1. The van der Waals surface area contributed by atoms with Gasteiger partial charge >= 0.3 is 19.8 Å². The average Bonchev–Trinajstić information content (AvgIpc) is 4.01. The van der Waals surface area contributed by atoms with Gasteiger partial charge in [0, 0.05) is 12.8 Å². The molecule has 1 saturated carbocycles. The van der Waals surface area contributed by atoms with Crippen molar-refractivity contribution in [3.8, 4) is 0 Å². The van der Waals surface area contributed by atoms with Gasteiger partial charge in [0.1, 0.15) is 43.2 Å². The van der Waals surface area contributed by atoms with Gasteiger partial charge in [0.15, 0.2) is 6.10 Å². The number of carbonyl (C=O) groups excluding carboxylic acids is 2. The molecule has 2 aliphatic rings. The van der Waals surface area contributed by atoms with Crippen molar-refractivity contribution in [3.05, 3.63) is 72.9 Å². The van der Waals surface area contributed by atoms with E-state index in [9.17, 15) is 44.6 Å². The summed E-state index contributed by atoms with van der Waals surface area (Å²) in [5.74, 6) is -1.22. The van der Waals surface area contributed by atoms with E-state index in [1.54, 1.807) is 0 Å². The predicted molar refractivity (Wildman–Crippen MR) is 239 cm³/mol. The van der Waals surface area contributed by atoms with E-state index >= 15 is 0 Å². The molecule has 354 valence electrons. The molecule has 15 heteroatoms. The first-order chi connectivity index (χ1) is 29.9. The van der Waals surface area contributed by atoms with E-state index in [4.69, 9.17) is 23.3 Å². The van der Waals surface area contributed by atoms with Gasteiger partial charge in [-0.25, -0.2) is 4.57 Å². The molecule has 0 radical (unpaired) electrons. The van der Waals surface area contributed by atoms with Crippen molar-refractivity contribution in [1.82, 2.24) is 0 Å². The zero-order chi connectivity index (χ0) is 45.4. The molecule has 10 atom stereocenters. The summed E-state index contributed by atoms with van der Waals surface area (Å²) in [6.07, 6.45) is 30.1. The Labute approximate surface area is 370 Å². The Morgan fingerprint density at radius 1 is 0.581 bits per heavy atom. The van der Waals surface area contributed by atoms with Crippen molar-refractivity contribution in [1.29, 1.82) is 0 Å². The smallest absolute Gasteiger partial charge is 0.462 e. The maximum Gasteiger partial charge on any atom is 0.472 e. The predicted octanol–water partition coefficient (Wildman–Crippen LogP) is 7.71. The molecule has 5 unspecified atom stereocenters. The van der Waals surface area contributed by atoms with Crippen LogP contribution in [0.2, 0.25) is 0 Å². The van der Waals surface area contributed by atoms with Crippen LogP contribution in [0.25, 0.3) is 0 Å². The van der Waals surface area contributed by atoms with Crippen LogP contribution >= 0.6 is 7.82 Å². The fourth-order valence-corrected chi connectivity index (χ4v) is 7.61. The van der Waals surface area contributed by atoms with Gasteiger partial charge < -0.3 is 44.6 Å². The fraction of sp³-hybridized carbons (Fsp3) is 0.702. The number of allylic oxidation sites excluding steroid dienone is 10. The van der Waals surface area contributed by atoms with E-state index in [1.165, 1.54) is 25.7 Å². The minimum Gasteiger partial charge on any atom is -0.462 e. The van der Waals surface area contributed by atoms with E-state index < -0.39 is 75.7 Å². The molecule has 0 aromatic heterocycles. The van der Waals surface area contributed by atoms with E-state index in [0.29, 0.717) is 31.5 Å². The number of unbranched alkanes of at least 4 members (excludes halogenated alkanes) is 9. The largest absolute Gasteiger partial charge is 0.472 e. The summed E-state index contributed by atoms with van der Waals surface area (Å²) >= 11 is 0. The Morgan fingerprint density at radius 3 is 1.68 bits per heavy atom. The van der Waals surface area contributed by atoms with Gasteiger partial charge in [-0.1, -0.05) is 125 Å². The quantitative estimate of drug-likeness (QED) is 0.0118. The number of aliphatic hydroxyl groups is 5. The highest BCUT2D eigenvalue weighted by Gasteiger charge is 2.51. The second kappa shape index (κ2) is 33.7. The number of hydrogen-bond acceptors (Lipinski definition) is 13. The fourth-order valence-electron chi connectivity index (χ4n) is 6.64. The second-order valence-corrected chi connectivity index (χ2v) is 17.3. The molecule has 1 aliphatic carbocycles. The number of hydrogen-bond donors (Lipinski definition) is 6. The van der Waals surface area contributed by atoms with Crippen molar-refractivity contribution in [2.45, 2.75) is 197 Å². The van der Waals surface area contributed by atoms with Crippen molar-refractivity contribution >= 4 is 19.8 Å². The van der Waals surface area contributed by atoms with Crippen LogP contribution in [0.5, 0.6) is 0 Å². The van der Waals surface area contributed by atoms with Gasteiger partial charge in [0.2, 0.25) is 0 Å². The van der Waals surface area contributed by atoms with Crippen LogP contribution in [0, 0.1) is 0 Å². The van der Waals surface area contributed by atoms with Crippen molar-refractivity contribution in [2.75, 3.05) is 13.2 Å². The highest BCUT2D eigenvalue weighted by atomic mass is 31.2. The first-order valence-corrected chi connectivity index (χ1v) is 24.4. The Hall–Kier alpha value is -2.75. The Balaban J connectivity index is 1.73. The van der Waals surface area contributed by atoms with E-state index in [0.717, 1.165) is 70.6 Å². The van der Waals surface area contributed by atoms with Crippen molar-refractivity contribution in [2.24, 2.45) is 0 Å². The number of phosphoric acid groups is 1. The lowest BCUT2D eigenvalue weighted by Gasteiger charge is -2.41. The molecule has 0 aromatic carbocycles. The Morgan fingerprint density at radius 2 is 1.08 bits per heavy atom. The first-order valence-electron chi connectivity index (χ1n) is 22.9. The highest BCUT2D eigenvalue weighted by molar-refractivity contribution is 7.47. The topological polar surface area (TPSA) is 222 Å². The van der Waals surface area contributed by atoms with Gasteiger partial charge in [-0.05, 0) is 77.0 Å². The number of phosphoric ester groups is 1. The van der Waals surface area contributed by atoms with Gasteiger partial charge in [-0.2, -0.15) is 0 Å². The molecule has 0 spiro atoms. The van der Waals surface area contributed by atoms with Crippen LogP contribution in [0.1, 0.15) is 142 Å². The summed E-state index contributed by atoms with van der Waals surface area (Å²) in [5.41, 5.74) is 0. The van der Waals surface area contributed by atoms with Crippen LogP contribution in [0.15, 0.2) is 72.9 Å². The van der Waals surface area contributed by atoms with Gasteiger partial charge in [0.05, 0.1) is 18.8 Å². The highest BCUT2D eigenvalue weighted by Crippen LogP contribution is 2.47. The molecule has 2 rings (SSSR count). The standard InChI is InChI=1S/C47H77O14P/c1-3-5-7-8-9-10-11-12-17-20-23-26-30-34-41(49)59-37(36-58-62(55,56)61-47-45(53)43(51)42(50)44(52)46(47)54)35-57-40(48)33-29-25-22-19-16-14-13-15-18-21-24-28-32-39-38(60-39)31-27-6-4-2/h6,10-11,14-16,18,22,24-25,27-28,37-39,42-47,50-54H,3-5,7-9,12-13,17,19-21,23,26,29-36H2,1-2H3,(H,55,56)/b11-10-,16-14-,18-15-,25-22-,27-6-,28-24-/t37-,38?,39?,42?,43-,44+,45-,46-,47?/m1/s1. The van der Waals surface area contributed by atoms with Gasteiger partial charge in [-0.15, -0.1) is 0 Å². The summed E-state index contributed by atoms with van der Waals surface area (Å²) < 4.78 is 39.1. The molecular formula is C47H77O14P. The lowest BCUT2D eigenvalue weighted by Crippen LogP contribution is -2.64. The van der Waals surface area contributed by atoms with Crippen LogP contribution in [-0.2, 0) is 37.4 Å². The summed E-state index contributed by atoms with van der Waals surface area (Å²) in [6, 6.07) is 0. The lowest BCUT2D eigenvalue weighted by molar-refractivity contribution is -0.220. The van der Waals surface area contributed by atoms with Crippen molar-refractivity contribution < 1.29 is 67.8 Å². The number of aliphatic hydroxyl groups excluding tert-OH is 5. The zero-order valence-electron chi connectivity index (χ0n) is 37.1. The van der Waals surface area contributed by atoms with Gasteiger partial charge in [-0.3, -0.25) is 18.6 Å². The monoisotopic (exact) mass is 897 g/mol. The molecule has 0 aromatic rings. The average molecular weight is 897 g/mol. The van der Waals surface area contributed by atoms with Gasteiger partial charge in [0.25, 0.3) is 0 Å². The number of ether oxygens (including phenoxy) is 3. The molecule has 2 fully saturated rings. The number of carbonyl (C=O) groups is 2. The minimum atomic E-state index is -5.14. The first kappa shape index (κ1) is 55.4. The third-order valence-corrected chi connectivity index (χ3v) is 11.4. The Bertz CT molecular complexity index is 1430. The third kappa shape index (κ3) is 25.5. The number of rotatable bonds is 35. The van der Waals surface area contributed by atoms with Crippen LogP contribution in [0.4, 0.5) is 0 Å². The minimum absolute atomic E-state index is 0.0335. The van der Waals surface area contributed by atoms with E-state index in [-0.39, 0.29) is 12.8 Å². The summed E-state index contributed by atoms with van der Waals surface area (Å²) in [7, 11) is -5.14. The van der Waals surface area contributed by atoms with E-state index in [1.807, 2.05) is 18.2 Å². The molecule has 0 amide bonds. The zero-order valence-corrected chi connectivity index (χ0v) is 38.0. The molecular weight excluding hydrogens is 819 g/mol. The van der Waals surface area contributed by atoms with E-state index in [2.05, 4.69) is 68.5 Å². The number of epoxide rings is 1. The molecule has 0 bridgehead atoms. The molecule has 14 nitrogen and oxygen atoms in total. The molecule has 6 N–H and O–H groups in total. The molecule has 1 aliphatic heterocycles. The SMILES string of the molecule is CC/C=C\CC1OC1C/C=C\C/C=C\C/C=C\C/C=C\CCC(=O)OC[C@H](COP(=O)(O)OC1[C@H](O)[C@H](O)C(O)[C@H](O)[C@H]1O)OC(=O)CCCCCCC/C=C\CCCCCC. The Kier molecular flexibility index (Phi) is 30.1. The molecule has 1 heterocycles. The number of esters is 2. The normalized spacial score (nSPS) is 25.8. The summed E-state index contributed by atoms with van der Waals surface area (Å²) in [4.78, 5) is 35.6. The maximum atomic E-state index is 12.8.